The molecule has 0 bridgehead atoms. The van der Waals surface area contributed by atoms with Crippen molar-refractivity contribution in [2.75, 3.05) is 28.4 Å². The van der Waals surface area contributed by atoms with E-state index in [4.69, 9.17) is 33.3 Å². The zero-order valence-corrected chi connectivity index (χ0v) is 24.8. The summed E-state index contributed by atoms with van der Waals surface area (Å²) >= 11 is 0. The zero-order chi connectivity index (χ0) is 30.6. The van der Waals surface area contributed by atoms with Crippen molar-refractivity contribution in [3.63, 3.8) is 0 Å². The van der Waals surface area contributed by atoms with E-state index in [-0.39, 0.29) is 11.8 Å². The summed E-state index contributed by atoms with van der Waals surface area (Å²) < 4.78 is 28.2. The number of ether oxygens (including phenoxy) is 4. The maximum absolute atomic E-state index is 14.0. The van der Waals surface area contributed by atoms with Crippen LogP contribution in [0.5, 0.6) is 23.0 Å². The standard InChI is InChI=1S/C36H30N2O6/c1-40-31-17-15-22(19-33(31)42-3)27-11-7-9-24(37-27)21-26-35(39)25-10-5-6-14-30(25)44-36(26)29-13-8-12-28(38-29)23-16-18-32(41-2)34(20-23)43-4/h5-20H,21H2,1-4H3. The van der Waals surface area contributed by atoms with Gasteiger partial charge in [0.05, 0.1) is 50.8 Å². The number of hydrogen-bond acceptors (Lipinski definition) is 8. The molecule has 6 rings (SSSR count). The molecular formula is C36H30N2O6. The van der Waals surface area contributed by atoms with Crippen LogP contribution in [0.2, 0.25) is 0 Å². The fraction of sp³-hybridized carbons (Fsp3) is 0.139. The van der Waals surface area contributed by atoms with E-state index in [1.54, 1.807) is 40.6 Å². The van der Waals surface area contributed by atoms with Gasteiger partial charge in [0.2, 0.25) is 0 Å². The highest BCUT2D eigenvalue weighted by Gasteiger charge is 2.19. The van der Waals surface area contributed by atoms with Crippen LogP contribution in [0.25, 0.3) is 44.9 Å². The molecule has 0 aliphatic carbocycles. The lowest BCUT2D eigenvalue weighted by Crippen LogP contribution is -2.13. The molecule has 0 aliphatic rings. The van der Waals surface area contributed by atoms with Crippen molar-refractivity contribution in [2.45, 2.75) is 6.42 Å². The first-order chi connectivity index (χ1) is 21.5. The molecule has 0 amide bonds. The van der Waals surface area contributed by atoms with Gasteiger partial charge in [-0.2, -0.15) is 0 Å². The van der Waals surface area contributed by atoms with Crippen LogP contribution in [0.15, 0.2) is 106 Å². The minimum absolute atomic E-state index is 0.126. The summed E-state index contributed by atoms with van der Waals surface area (Å²) in [6, 6.07) is 29.9. The molecule has 0 N–H and O–H groups in total. The molecule has 220 valence electrons. The summed E-state index contributed by atoms with van der Waals surface area (Å²) in [5, 5.41) is 0.498. The van der Waals surface area contributed by atoms with Crippen LogP contribution < -0.4 is 24.4 Å². The molecule has 6 aromatic rings. The average molecular weight is 587 g/mol. The van der Waals surface area contributed by atoms with E-state index in [1.165, 1.54) is 0 Å². The van der Waals surface area contributed by atoms with E-state index < -0.39 is 0 Å². The Morgan fingerprint density at radius 3 is 1.80 bits per heavy atom. The van der Waals surface area contributed by atoms with Crippen LogP contribution in [-0.4, -0.2) is 38.4 Å². The number of methoxy groups -OCH3 is 4. The molecule has 0 aliphatic heterocycles. The normalized spacial score (nSPS) is 10.9. The highest BCUT2D eigenvalue weighted by atomic mass is 16.5. The van der Waals surface area contributed by atoms with Gasteiger partial charge in [-0.05, 0) is 72.8 Å². The van der Waals surface area contributed by atoms with Crippen molar-refractivity contribution in [1.82, 2.24) is 9.97 Å². The minimum Gasteiger partial charge on any atom is -0.493 e. The summed E-state index contributed by atoms with van der Waals surface area (Å²) in [6.07, 6.45) is 0.242. The van der Waals surface area contributed by atoms with Crippen molar-refractivity contribution in [2.24, 2.45) is 0 Å². The van der Waals surface area contributed by atoms with Gasteiger partial charge in [0.15, 0.2) is 34.2 Å². The molecule has 3 heterocycles. The fourth-order valence-corrected chi connectivity index (χ4v) is 5.18. The summed E-state index contributed by atoms with van der Waals surface area (Å²) in [6.45, 7) is 0. The Balaban J connectivity index is 1.45. The smallest absolute Gasteiger partial charge is 0.196 e. The maximum Gasteiger partial charge on any atom is 0.196 e. The third-order valence-electron chi connectivity index (χ3n) is 7.40. The Hall–Kier alpha value is -5.63. The van der Waals surface area contributed by atoms with E-state index in [2.05, 4.69) is 0 Å². The summed E-state index contributed by atoms with van der Waals surface area (Å²) in [5.74, 6) is 2.85. The molecular weight excluding hydrogens is 556 g/mol. The Bertz CT molecular complexity index is 2030. The van der Waals surface area contributed by atoms with Gasteiger partial charge in [-0.1, -0.05) is 24.3 Å². The number of rotatable bonds is 9. The topological polar surface area (TPSA) is 92.9 Å². The fourth-order valence-electron chi connectivity index (χ4n) is 5.18. The molecule has 8 heteroatoms. The lowest BCUT2D eigenvalue weighted by molar-refractivity contribution is 0.355. The zero-order valence-electron chi connectivity index (χ0n) is 24.8. The van der Waals surface area contributed by atoms with Crippen molar-refractivity contribution >= 4 is 11.0 Å². The first kappa shape index (κ1) is 28.5. The molecule has 3 aromatic heterocycles. The maximum atomic E-state index is 14.0. The molecule has 0 spiro atoms. The third kappa shape index (κ3) is 5.45. The van der Waals surface area contributed by atoms with E-state index in [0.717, 1.165) is 16.8 Å². The predicted molar refractivity (Wildman–Crippen MR) is 170 cm³/mol. The predicted octanol–water partition coefficient (Wildman–Crippen LogP) is 7.21. The van der Waals surface area contributed by atoms with Crippen LogP contribution in [0.4, 0.5) is 0 Å². The van der Waals surface area contributed by atoms with E-state index in [1.807, 2.05) is 84.9 Å². The Morgan fingerprint density at radius 2 is 1.16 bits per heavy atom. The quantitative estimate of drug-likeness (QED) is 0.176. The number of benzene rings is 3. The molecule has 3 aromatic carbocycles. The summed E-state index contributed by atoms with van der Waals surface area (Å²) in [4.78, 5) is 23.8. The van der Waals surface area contributed by atoms with Gasteiger partial charge in [-0.25, -0.2) is 4.98 Å². The van der Waals surface area contributed by atoms with E-state index in [9.17, 15) is 4.79 Å². The van der Waals surface area contributed by atoms with Gasteiger partial charge in [0, 0.05) is 23.2 Å². The highest BCUT2D eigenvalue weighted by Crippen LogP contribution is 2.34. The average Bonchev–Trinajstić information content (AvgIpc) is 3.09. The monoisotopic (exact) mass is 586 g/mol. The van der Waals surface area contributed by atoms with Gasteiger partial charge in [0.1, 0.15) is 11.3 Å². The number of aromatic nitrogens is 2. The van der Waals surface area contributed by atoms with Gasteiger partial charge in [0.25, 0.3) is 0 Å². The number of fused-ring (bicyclic) bond motifs is 1. The summed E-state index contributed by atoms with van der Waals surface area (Å²) in [7, 11) is 6.38. The van der Waals surface area contributed by atoms with Gasteiger partial charge < -0.3 is 23.4 Å². The van der Waals surface area contributed by atoms with Gasteiger partial charge >= 0.3 is 0 Å². The van der Waals surface area contributed by atoms with Gasteiger partial charge in [-0.3, -0.25) is 9.78 Å². The van der Waals surface area contributed by atoms with Crippen molar-refractivity contribution in [3.05, 3.63) is 119 Å². The van der Waals surface area contributed by atoms with E-state index in [0.29, 0.717) is 62.4 Å². The Morgan fingerprint density at radius 1 is 0.591 bits per heavy atom. The number of hydrogen-bond donors (Lipinski definition) is 0. The Labute approximate surface area is 254 Å². The number of pyridine rings is 2. The molecule has 0 fully saturated rings. The molecule has 0 unspecified atom stereocenters. The molecule has 44 heavy (non-hydrogen) atoms. The summed E-state index contributed by atoms with van der Waals surface area (Å²) in [5.41, 5.74) is 5.20. The van der Waals surface area contributed by atoms with Crippen LogP contribution in [0.1, 0.15) is 11.3 Å². The van der Waals surface area contributed by atoms with Crippen LogP contribution >= 0.6 is 0 Å². The largest absolute Gasteiger partial charge is 0.493 e. The molecule has 0 saturated carbocycles. The van der Waals surface area contributed by atoms with Crippen LogP contribution in [0.3, 0.4) is 0 Å². The molecule has 0 atom stereocenters. The van der Waals surface area contributed by atoms with Crippen LogP contribution in [0, 0.1) is 0 Å². The molecule has 0 saturated heterocycles. The van der Waals surface area contributed by atoms with Crippen molar-refractivity contribution < 1.29 is 23.4 Å². The second kappa shape index (κ2) is 12.3. The third-order valence-corrected chi connectivity index (χ3v) is 7.40. The van der Waals surface area contributed by atoms with Crippen molar-refractivity contribution in [3.8, 4) is 57.0 Å². The second-order valence-corrected chi connectivity index (χ2v) is 9.97. The van der Waals surface area contributed by atoms with Gasteiger partial charge in [-0.15, -0.1) is 0 Å². The minimum atomic E-state index is -0.126. The molecule has 8 nitrogen and oxygen atoms in total. The Kier molecular flexibility index (Phi) is 7.97. The first-order valence-electron chi connectivity index (χ1n) is 14.0. The van der Waals surface area contributed by atoms with Crippen molar-refractivity contribution in [1.29, 1.82) is 0 Å². The molecule has 0 radical (unpaired) electrons. The SMILES string of the molecule is COc1ccc(-c2cccc(Cc3c(-c4cccc(-c5ccc(OC)c(OC)c5)n4)oc4ccccc4c3=O)n2)cc1OC. The number of nitrogens with zero attached hydrogens (tertiary/aromatic N) is 2. The second-order valence-electron chi connectivity index (χ2n) is 9.97. The highest BCUT2D eigenvalue weighted by molar-refractivity contribution is 5.80. The van der Waals surface area contributed by atoms with E-state index >= 15 is 0 Å². The first-order valence-corrected chi connectivity index (χ1v) is 14.0. The lowest BCUT2D eigenvalue weighted by atomic mass is 10.0. The number of para-hydroxylation sites is 1. The van der Waals surface area contributed by atoms with Crippen LogP contribution in [-0.2, 0) is 6.42 Å². The lowest BCUT2D eigenvalue weighted by Gasteiger charge is -2.13.